The minimum Gasteiger partial charge on any atom is -0.358 e. The molecule has 1 fully saturated rings. The molecule has 2 rings (SSSR count). The summed E-state index contributed by atoms with van der Waals surface area (Å²) in [5.41, 5.74) is 0.769. The lowest BCUT2D eigenvalue weighted by Crippen LogP contribution is -3.15. The first-order valence-corrected chi connectivity index (χ1v) is 9.84. The molecule has 0 aliphatic carbocycles. The van der Waals surface area contributed by atoms with Crippen LogP contribution in [-0.4, -0.2) is 70.9 Å². The first-order chi connectivity index (χ1) is 11.9. The van der Waals surface area contributed by atoms with Gasteiger partial charge in [0.1, 0.15) is 0 Å². The van der Waals surface area contributed by atoms with Crippen LogP contribution in [0.25, 0.3) is 0 Å². The summed E-state index contributed by atoms with van der Waals surface area (Å²) in [4.78, 5) is 23.9. The second-order valence-corrected chi connectivity index (χ2v) is 7.99. The van der Waals surface area contributed by atoms with Crippen LogP contribution in [0.1, 0.15) is 5.56 Å². The van der Waals surface area contributed by atoms with Gasteiger partial charge in [0, 0.05) is 7.05 Å². The minimum atomic E-state index is -3.35. The standard InChI is InChI=1S/C16H24N4O4S/c1-17-15(21)11-18-16(22)12-19-7-9-20(10-8-19)25(23,24)13-14-5-3-2-4-6-14/h2-6H,7-13H2,1H3,(H,17,21)(H,18,22)/p+1. The molecule has 0 spiro atoms. The van der Waals surface area contributed by atoms with Crippen LogP contribution in [0, 0.1) is 0 Å². The summed E-state index contributed by atoms with van der Waals surface area (Å²) in [6.45, 7) is 2.13. The summed E-state index contributed by atoms with van der Waals surface area (Å²) in [5, 5.41) is 4.98. The zero-order valence-electron chi connectivity index (χ0n) is 14.3. The summed E-state index contributed by atoms with van der Waals surface area (Å²) in [6, 6.07) is 9.10. The van der Waals surface area contributed by atoms with E-state index < -0.39 is 10.0 Å². The molecular formula is C16H25N4O4S+. The third kappa shape index (κ3) is 6.11. The van der Waals surface area contributed by atoms with Gasteiger partial charge in [0.2, 0.25) is 15.9 Å². The molecule has 0 saturated carbocycles. The Kier molecular flexibility index (Phi) is 6.91. The van der Waals surface area contributed by atoms with Gasteiger partial charge in [0.05, 0.1) is 38.5 Å². The number of nitrogens with one attached hydrogen (secondary N) is 3. The zero-order valence-corrected chi connectivity index (χ0v) is 15.1. The maximum absolute atomic E-state index is 12.5. The third-order valence-electron chi connectivity index (χ3n) is 4.15. The van der Waals surface area contributed by atoms with Crippen molar-refractivity contribution in [2.75, 3.05) is 46.3 Å². The quantitative estimate of drug-likeness (QED) is 0.498. The Morgan fingerprint density at radius 2 is 1.76 bits per heavy atom. The predicted molar refractivity (Wildman–Crippen MR) is 93.3 cm³/mol. The Labute approximate surface area is 148 Å². The molecule has 0 unspecified atom stereocenters. The first-order valence-electron chi connectivity index (χ1n) is 8.23. The maximum atomic E-state index is 12.5. The van der Waals surface area contributed by atoms with Crippen LogP contribution in [0.5, 0.6) is 0 Å². The fourth-order valence-corrected chi connectivity index (χ4v) is 4.23. The summed E-state index contributed by atoms with van der Waals surface area (Å²) >= 11 is 0. The van der Waals surface area contributed by atoms with Crippen LogP contribution in [0.3, 0.4) is 0 Å². The normalized spacial score (nSPS) is 16.4. The molecule has 0 aromatic heterocycles. The summed E-state index contributed by atoms with van der Waals surface area (Å²) in [7, 11) is -1.84. The molecule has 1 aromatic carbocycles. The van der Waals surface area contributed by atoms with Crippen LogP contribution in [0.15, 0.2) is 30.3 Å². The van der Waals surface area contributed by atoms with Gasteiger partial charge in [-0.1, -0.05) is 30.3 Å². The van der Waals surface area contributed by atoms with Crippen LogP contribution in [-0.2, 0) is 25.4 Å². The van der Waals surface area contributed by atoms with Crippen LogP contribution in [0.2, 0.25) is 0 Å². The smallest absolute Gasteiger partial charge is 0.275 e. The van der Waals surface area contributed by atoms with Crippen LogP contribution < -0.4 is 15.5 Å². The van der Waals surface area contributed by atoms with E-state index in [0.29, 0.717) is 26.2 Å². The SMILES string of the molecule is CNC(=O)CNC(=O)C[NH+]1CCN(S(=O)(=O)Cc2ccccc2)CC1. The van der Waals surface area contributed by atoms with Crippen molar-refractivity contribution in [3.05, 3.63) is 35.9 Å². The highest BCUT2D eigenvalue weighted by Gasteiger charge is 2.29. The number of nitrogens with zero attached hydrogens (tertiary/aromatic N) is 1. The molecule has 1 saturated heterocycles. The number of quaternary nitrogens is 1. The molecular weight excluding hydrogens is 344 g/mol. The van der Waals surface area contributed by atoms with Crippen molar-refractivity contribution in [2.45, 2.75) is 5.75 Å². The van der Waals surface area contributed by atoms with E-state index >= 15 is 0 Å². The molecule has 9 heteroatoms. The number of rotatable bonds is 7. The van der Waals surface area contributed by atoms with Gasteiger partial charge < -0.3 is 15.5 Å². The van der Waals surface area contributed by atoms with Crippen molar-refractivity contribution in [3.8, 4) is 0 Å². The number of hydrogen-bond acceptors (Lipinski definition) is 4. The van der Waals surface area contributed by atoms with Crippen LogP contribution >= 0.6 is 0 Å². The van der Waals surface area contributed by atoms with E-state index in [-0.39, 0.29) is 30.7 Å². The van der Waals surface area contributed by atoms with E-state index in [4.69, 9.17) is 0 Å². The topological polar surface area (TPSA) is 100 Å². The van der Waals surface area contributed by atoms with Crippen molar-refractivity contribution in [1.82, 2.24) is 14.9 Å². The number of amides is 2. The Morgan fingerprint density at radius 3 is 2.36 bits per heavy atom. The number of carbonyl (C=O) groups excluding carboxylic acids is 2. The van der Waals surface area contributed by atoms with E-state index in [1.807, 2.05) is 18.2 Å². The second-order valence-electron chi connectivity index (χ2n) is 6.02. The lowest BCUT2D eigenvalue weighted by Gasteiger charge is -2.31. The molecule has 1 aromatic rings. The number of benzene rings is 1. The maximum Gasteiger partial charge on any atom is 0.275 e. The molecule has 25 heavy (non-hydrogen) atoms. The average molecular weight is 369 g/mol. The van der Waals surface area contributed by atoms with Gasteiger partial charge in [0.25, 0.3) is 5.91 Å². The Bertz CT molecular complexity index is 685. The molecule has 0 radical (unpaired) electrons. The molecule has 8 nitrogen and oxygen atoms in total. The highest BCUT2D eigenvalue weighted by atomic mass is 32.2. The molecule has 0 bridgehead atoms. The van der Waals surface area contributed by atoms with Crippen LogP contribution in [0.4, 0.5) is 0 Å². The van der Waals surface area contributed by atoms with Gasteiger partial charge in [-0.3, -0.25) is 9.59 Å². The molecule has 2 amide bonds. The second kappa shape index (κ2) is 8.93. The molecule has 1 aliphatic rings. The van der Waals surface area contributed by atoms with Gasteiger partial charge >= 0.3 is 0 Å². The fraction of sp³-hybridized carbons (Fsp3) is 0.500. The minimum absolute atomic E-state index is 0.00418. The van der Waals surface area contributed by atoms with Crippen molar-refractivity contribution in [3.63, 3.8) is 0 Å². The van der Waals surface area contributed by atoms with Crippen molar-refractivity contribution < 1.29 is 22.9 Å². The molecule has 3 N–H and O–H groups in total. The van der Waals surface area contributed by atoms with Gasteiger partial charge in [-0.15, -0.1) is 0 Å². The third-order valence-corrected chi connectivity index (χ3v) is 6.00. The van der Waals surface area contributed by atoms with Gasteiger partial charge in [0.15, 0.2) is 6.54 Å². The van der Waals surface area contributed by atoms with E-state index in [1.54, 1.807) is 12.1 Å². The highest BCUT2D eigenvalue weighted by Crippen LogP contribution is 2.10. The zero-order chi connectivity index (χ0) is 18.3. The highest BCUT2D eigenvalue weighted by molar-refractivity contribution is 7.88. The Hall–Kier alpha value is -1.97. The molecule has 0 atom stereocenters. The van der Waals surface area contributed by atoms with Crippen molar-refractivity contribution >= 4 is 21.8 Å². The Morgan fingerprint density at radius 1 is 1.12 bits per heavy atom. The average Bonchev–Trinajstić information content (AvgIpc) is 2.60. The van der Waals surface area contributed by atoms with Gasteiger partial charge in [-0.25, -0.2) is 8.42 Å². The van der Waals surface area contributed by atoms with E-state index in [0.717, 1.165) is 10.5 Å². The van der Waals surface area contributed by atoms with E-state index in [9.17, 15) is 18.0 Å². The Balaban J connectivity index is 1.79. The summed E-state index contributed by atoms with van der Waals surface area (Å²) in [6.07, 6.45) is 0. The number of sulfonamides is 1. The van der Waals surface area contributed by atoms with Crippen molar-refractivity contribution in [1.29, 1.82) is 0 Å². The predicted octanol–water partition coefficient (Wildman–Crippen LogP) is -2.42. The largest absolute Gasteiger partial charge is 0.358 e. The summed E-state index contributed by atoms with van der Waals surface area (Å²) in [5.74, 6) is -0.463. The summed E-state index contributed by atoms with van der Waals surface area (Å²) < 4.78 is 26.5. The van der Waals surface area contributed by atoms with E-state index in [1.165, 1.54) is 11.4 Å². The van der Waals surface area contributed by atoms with Crippen molar-refractivity contribution in [2.24, 2.45) is 0 Å². The number of piperazine rings is 1. The molecule has 1 aliphatic heterocycles. The lowest BCUT2D eigenvalue weighted by atomic mass is 10.2. The number of carbonyl (C=O) groups is 2. The molecule has 1 heterocycles. The fourth-order valence-electron chi connectivity index (χ4n) is 2.69. The first kappa shape index (κ1) is 19.4. The number of hydrogen-bond donors (Lipinski definition) is 3. The monoisotopic (exact) mass is 369 g/mol. The van der Waals surface area contributed by atoms with Gasteiger partial charge in [-0.2, -0.15) is 4.31 Å². The van der Waals surface area contributed by atoms with E-state index in [2.05, 4.69) is 10.6 Å². The number of likely N-dealkylation sites (N-methyl/N-ethyl adjacent to an activating group) is 1. The molecule has 138 valence electrons. The van der Waals surface area contributed by atoms with Gasteiger partial charge in [-0.05, 0) is 5.56 Å². The lowest BCUT2D eigenvalue weighted by molar-refractivity contribution is -0.895.